The SMILES string of the molecule is C1=C\CC/C=C\CC/1.CC[C@@H]1CC[C@@H](CC)P1c1ccccc1P1[C@H](CC)CC[C@H]1CC.CC[C@@H]1CC[C@@H](CC)P1c1ccccc1P1[C@H](CC)CC[C@H]1CC.O=S(=O)([O-])C(F)(F)F.[Rh]. The van der Waals surface area contributed by atoms with Crippen LogP contribution in [-0.4, -0.2) is 63.8 Å². The average molecular weight is 1090 g/mol. The van der Waals surface area contributed by atoms with E-state index in [1.165, 1.54) is 128 Å². The van der Waals surface area contributed by atoms with E-state index in [0.29, 0.717) is 0 Å². The summed E-state index contributed by atoms with van der Waals surface area (Å²) in [6, 6.07) is 19.6. The van der Waals surface area contributed by atoms with Gasteiger partial charge in [-0.1, -0.05) is 160 Å². The maximum absolute atomic E-state index is 10.7. The van der Waals surface area contributed by atoms with Crippen LogP contribution in [0.15, 0.2) is 72.8 Å². The van der Waals surface area contributed by atoms with Crippen molar-refractivity contribution in [2.24, 2.45) is 0 Å². The number of rotatable bonds is 12. The number of halogens is 3. The smallest absolute Gasteiger partial charge is 0.485 e. The Kier molecular flexibility index (Phi) is 27.3. The molecule has 4 fully saturated rings. The molecule has 0 saturated carbocycles. The Balaban J connectivity index is 0.000000257. The minimum Gasteiger partial charge on any atom is -0.741 e. The van der Waals surface area contributed by atoms with Crippen LogP contribution >= 0.6 is 31.7 Å². The molecule has 4 aliphatic heterocycles. The summed E-state index contributed by atoms with van der Waals surface area (Å²) in [4.78, 5) is 0. The van der Waals surface area contributed by atoms with E-state index in [0.717, 1.165) is 45.3 Å². The molecule has 4 saturated heterocycles. The van der Waals surface area contributed by atoms with Crippen molar-refractivity contribution in [2.75, 3.05) is 0 Å². The third-order valence-corrected chi connectivity index (χ3v) is 30.7. The molecule has 2 aromatic carbocycles. The van der Waals surface area contributed by atoms with Gasteiger partial charge >= 0.3 is 5.51 Å². The summed E-state index contributed by atoms with van der Waals surface area (Å²) in [7, 11) is -5.83. The summed E-state index contributed by atoms with van der Waals surface area (Å²) >= 11 is 0. The van der Waals surface area contributed by atoms with Crippen LogP contribution in [0.3, 0.4) is 0 Å². The van der Waals surface area contributed by atoms with Gasteiger partial charge in [-0.2, -0.15) is 13.2 Å². The van der Waals surface area contributed by atoms with Crippen molar-refractivity contribution in [3.8, 4) is 0 Å². The van der Waals surface area contributed by atoms with Crippen molar-refractivity contribution in [3.05, 3.63) is 72.8 Å². The molecule has 12 heteroatoms. The maximum Gasteiger partial charge on any atom is 0.485 e. The van der Waals surface area contributed by atoms with Crippen LogP contribution in [0.2, 0.25) is 0 Å². The third-order valence-electron chi connectivity index (χ3n) is 14.7. The van der Waals surface area contributed by atoms with Gasteiger partial charge in [0.05, 0.1) is 0 Å². The van der Waals surface area contributed by atoms with Gasteiger partial charge in [-0.15, -0.1) is 0 Å². The molecule has 65 heavy (non-hydrogen) atoms. The normalized spacial score (nSPS) is 28.7. The van der Waals surface area contributed by atoms with Gasteiger partial charge in [0.15, 0.2) is 10.1 Å². The van der Waals surface area contributed by atoms with Crippen molar-refractivity contribution in [2.45, 2.75) is 235 Å². The molecule has 0 amide bonds. The van der Waals surface area contributed by atoms with E-state index in [2.05, 4.69) is 128 Å². The predicted octanol–water partition coefficient (Wildman–Crippen LogP) is 15.9. The van der Waals surface area contributed by atoms with Gasteiger partial charge in [0.2, 0.25) is 0 Å². The minimum atomic E-state index is -6.09. The first-order chi connectivity index (χ1) is 30.7. The molecular weight excluding hydrogens is 1000 g/mol. The fourth-order valence-corrected chi connectivity index (χ4v) is 27.2. The first kappa shape index (κ1) is 59.3. The van der Waals surface area contributed by atoms with Crippen LogP contribution in [0.1, 0.15) is 184 Å². The molecule has 5 aliphatic rings. The van der Waals surface area contributed by atoms with Crippen LogP contribution in [0, 0.1) is 0 Å². The van der Waals surface area contributed by atoms with Crippen molar-refractivity contribution in [1.82, 2.24) is 0 Å². The Morgan fingerprint density at radius 1 is 0.431 bits per heavy atom. The van der Waals surface area contributed by atoms with E-state index < -0.39 is 15.6 Å². The Morgan fingerprint density at radius 3 is 0.708 bits per heavy atom. The van der Waals surface area contributed by atoms with Crippen LogP contribution in [-0.2, 0) is 29.6 Å². The van der Waals surface area contributed by atoms with Crippen LogP contribution in [0.4, 0.5) is 13.2 Å². The standard InChI is InChI=1S/2C22H36P2.C8H12.CHF3O3S.Rh/c2*1-5-17-13-14-18(6-2)23(17)21-11-9-10-12-22(21)24-19(7-3)15-16-20(24)8-4;1-2-4-6-8-7-5-3-1;2-1(3,4)8(5,6)7;/h2*9-12,17-20H,5-8,13-16H2,1-4H3;1-2,7-8H,3-6H2;(H,5,6,7);/p-1/b;;2-1-,8-7-;;/t2*17-,18-,19-,20-;;;/m11.../s1. The zero-order valence-corrected chi connectivity index (χ0v) is 47.1. The fourth-order valence-electron chi connectivity index (χ4n) is 11.3. The third kappa shape index (κ3) is 16.2. The second-order valence-corrected chi connectivity index (χ2v) is 30.8. The van der Waals surface area contributed by atoms with Gasteiger partial charge in [0, 0.05) is 19.5 Å². The van der Waals surface area contributed by atoms with E-state index in [-0.39, 0.29) is 51.2 Å². The molecule has 7 rings (SSSR count). The molecule has 0 aromatic heterocycles. The molecule has 3 nitrogen and oxygen atoms in total. The van der Waals surface area contributed by atoms with Crippen molar-refractivity contribution in [3.63, 3.8) is 0 Å². The van der Waals surface area contributed by atoms with E-state index >= 15 is 0 Å². The van der Waals surface area contributed by atoms with Crippen LogP contribution in [0.25, 0.3) is 0 Å². The zero-order valence-electron chi connectivity index (χ0n) is 41.1. The van der Waals surface area contributed by atoms with Gasteiger partial charge in [-0.25, -0.2) is 8.42 Å². The van der Waals surface area contributed by atoms with Crippen molar-refractivity contribution >= 4 is 63.0 Å². The number of allylic oxidation sites excluding steroid dienone is 4. The van der Waals surface area contributed by atoms with Crippen LogP contribution < -0.4 is 21.2 Å². The van der Waals surface area contributed by atoms with E-state index in [1.54, 1.807) is 0 Å². The van der Waals surface area contributed by atoms with Gasteiger partial charge in [0.1, 0.15) is 0 Å². The maximum atomic E-state index is 10.7. The summed E-state index contributed by atoms with van der Waals surface area (Å²) in [5, 5.41) is 7.37. The van der Waals surface area contributed by atoms with E-state index in [9.17, 15) is 13.2 Å². The first-order valence-corrected chi connectivity index (χ1v) is 32.7. The van der Waals surface area contributed by atoms with Gasteiger partial charge in [0.25, 0.3) is 0 Å². The van der Waals surface area contributed by atoms with Gasteiger partial charge in [-0.05, 0) is 195 Å². The summed E-state index contributed by atoms with van der Waals surface area (Å²) in [6.45, 7) is 19.5. The Bertz CT molecular complexity index is 1570. The molecule has 1 aliphatic carbocycles. The molecule has 4 heterocycles. The average Bonchev–Trinajstić information content (AvgIpc) is 4.09. The second-order valence-electron chi connectivity index (χ2n) is 18.4. The first-order valence-electron chi connectivity index (χ1n) is 25.4. The monoisotopic (exact) mass is 1080 g/mol. The van der Waals surface area contributed by atoms with E-state index in [1.807, 2.05) is 21.2 Å². The molecule has 8 atom stereocenters. The van der Waals surface area contributed by atoms with E-state index in [4.69, 9.17) is 13.0 Å². The minimum absolute atomic E-state index is 0. The molecular formula is C53H84F3O3P4RhS-. The number of benzene rings is 2. The molecule has 0 spiro atoms. The molecule has 1 radical (unpaired) electrons. The summed E-state index contributed by atoms with van der Waals surface area (Å²) in [5.74, 6) is 0. The summed E-state index contributed by atoms with van der Waals surface area (Å²) in [5.41, 5.74) is 2.27. The Morgan fingerprint density at radius 2 is 0.585 bits per heavy atom. The summed E-state index contributed by atoms with van der Waals surface area (Å²) < 4.78 is 58.9. The predicted molar refractivity (Wildman–Crippen MR) is 281 cm³/mol. The summed E-state index contributed by atoms with van der Waals surface area (Å²) in [6.07, 6.45) is 37.0. The molecule has 0 bridgehead atoms. The molecule has 2 aromatic rings. The quantitative estimate of drug-likeness (QED) is 0.0700. The number of hydrogen-bond acceptors (Lipinski definition) is 3. The number of hydrogen-bond donors (Lipinski definition) is 0. The van der Waals surface area contributed by atoms with Crippen molar-refractivity contribution < 1.29 is 45.6 Å². The van der Waals surface area contributed by atoms with Crippen molar-refractivity contribution in [1.29, 1.82) is 0 Å². The Labute approximate surface area is 413 Å². The van der Waals surface area contributed by atoms with Crippen LogP contribution in [0.5, 0.6) is 0 Å². The van der Waals surface area contributed by atoms with Gasteiger partial charge in [-0.3, -0.25) is 0 Å². The molecule has 0 N–H and O–H groups in total. The molecule has 371 valence electrons. The molecule has 0 unspecified atom stereocenters. The Hall–Kier alpha value is -0.0366. The fraction of sp³-hybridized carbons (Fsp3) is 0.698. The number of alkyl halides is 3. The largest absolute Gasteiger partial charge is 0.741 e. The van der Waals surface area contributed by atoms with Gasteiger partial charge < -0.3 is 4.55 Å². The topological polar surface area (TPSA) is 57.2 Å². The zero-order chi connectivity index (χ0) is 46.9. The second kappa shape index (κ2) is 30.0.